The molecule has 1 aromatic carbocycles. The topological polar surface area (TPSA) is 90.0 Å². The van der Waals surface area contributed by atoms with Crippen LogP contribution in [0, 0.1) is 0 Å². The summed E-state index contributed by atoms with van der Waals surface area (Å²) in [5, 5.41) is 24.6. The van der Waals surface area contributed by atoms with Gasteiger partial charge in [0.2, 0.25) is 0 Å². The van der Waals surface area contributed by atoms with Crippen LogP contribution in [0.4, 0.5) is 0 Å². The zero-order valence-electron chi connectivity index (χ0n) is 13.4. The summed E-state index contributed by atoms with van der Waals surface area (Å²) in [7, 11) is 0. The fourth-order valence-corrected chi connectivity index (χ4v) is 4.00. The van der Waals surface area contributed by atoms with E-state index in [4.69, 9.17) is 0 Å². The summed E-state index contributed by atoms with van der Waals surface area (Å²) < 4.78 is 1.13. The number of hydrogen-bond acceptors (Lipinski definition) is 5. The third-order valence-electron chi connectivity index (χ3n) is 4.25. The van der Waals surface area contributed by atoms with Crippen LogP contribution in [0.3, 0.4) is 0 Å². The van der Waals surface area contributed by atoms with Gasteiger partial charge in [-0.25, -0.2) is 0 Å². The lowest BCUT2D eigenvalue weighted by Gasteiger charge is -2.13. The SMILES string of the molecule is Cl.O=C(NCC(O)c1cc2ccccc2s1)c1n[nH]c2c1CNCC2. The molecule has 1 unspecified atom stereocenters. The van der Waals surface area contributed by atoms with Gasteiger partial charge in [0.1, 0.15) is 6.10 Å². The van der Waals surface area contributed by atoms with Crippen molar-refractivity contribution in [1.82, 2.24) is 20.8 Å². The first-order chi connectivity index (χ1) is 11.7. The summed E-state index contributed by atoms with van der Waals surface area (Å²) >= 11 is 1.54. The maximum absolute atomic E-state index is 12.4. The van der Waals surface area contributed by atoms with E-state index in [0.29, 0.717) is 12.2 Å². The molecule has 3 aromatic rings. The zero-order valence-corrected chi connectivity index (χ0v) is 15.0. The molecule has 4 rings (SSSR count). The van der Waals surface area contributed by atoms with Crippen molar-refractivity contribution in [2.45, 2.75) is 19.1 Å². The molecule has 0 aliphatic carbocycles. The summed E-state index contributed by atoms with van der Waals surface area (Å²) in [6.07, 6.45) is 0.124. The lowest BCUT2D eigenvalue weighted by Crippen LogP contribution is -2.31. The number of thiophene rings is 1. The van der Waals surface area contributed by atoms with Gasteiger partial charge in [-0.3, -0.25) is 9.89 Å². The molecule has 0 saturated heterocycles. The predicted octanol–water partition coefficient (Wildman–Crippen LogP) is 2.16. The lowest BCUT2D eigenvalue weighted by atomic mass is 10.1. The van der Waals surface area contributed by atoms with Crippen LogP contribution in [-0.2, 0) is 13.0 Å². The minimum absolute atomic E-state index is 0. The minimum atomic E-state index is -0.723. The Morgan fingerprint density at radius 3 is 3.08 bits per heavy atom. The van der Waals surface area contributed by atoms with Crippen LogP contribution in [0.25, 0.3) is 10.1 Å². The highest BCUT2D eigenvalue weighted by Gasteiger charge is 2.22. The number of carbonyl (C=O) groups excluding carboxylic acids is 1. The van der Waals surface area contributed by atoms with E-state index in [1.54, 1.807) is 11.3 Å². The second-order valence-corrected chi connectivity index (χ2v) is 6.98. The maximum atomic E-state index is 12.4. The first kappa shape index (κ1) is 17.9. The Balaban J connectivity index is 0.00000182. The van der Waals surface area contributed by atoms with Crippen molar-refractivity contribution in [3.8, 4) is 0 Å². The van der Waals surface area contributed by atoms with E-state index < -0.39 is 6.10 Å². The average Bonchev–Trinajstić information content (AvgIpc) is 3.23. The van der Waals surface area contributed by atoms with Gasteiger partial charge < -0.3 is 15.7 Å². The minimum Gasteiger partial charge on any atom is -0.386 e. The van der Waals surface area contributed by atoms with E-state index in [0.717, 1.165) is 39.2 Å². The Morgan fingerprint density at radius 1 is 1.40 bits per heavy atom. The molecular weight excluding hydrogens is 360 g/mol. The Hall–Kier alpha value is -1.93. The molecule has 1 aliphatic rings. The summed E-state index contributed by atoms with van der Waals surface area (Å²) in [5.41, 5.74) is 2.36. The number of rotatable bonds is 4. The number of aliphatic hydroxyl groups is 1. The monoisotopic (exact) mass is 378 g/mol. The molecule has 0 saturated carbocycles. The fraction of sp³-hybridized carbons (Fsp3) is 0.294. The van der Waals surface area contributed by atoms with Crippen LogP contribution in [0.5, 0.6) is 0 Å². The smallest absolute Gasteiger partial charge is 0.272 e. The number of hydrogen-bond donors (Lipinski definition) is 4. The molecular formula is C17H19ClN4O2S. The molecule has 0 bridgehead atoms. The third-order valence-corrected chi connectivity index (χ3v) is 5.47. The number of nitrogens with zero attached hydrogens (tertiary/aromatic N) is 1. The van der Waals surface area contributed by atoms with Crippen molar-refractivity contribution in [1.29, 1.82) is 0 Å². The first-order valence-electron chi connectivity index (χ1n) is 7.94. The van der Waals surface area contributed by atoms with Gasteiger partial charge in [0.05, 0.1) is 0 Å². The largest absolute Gasteiger partial charge is 0.386 e. The van der Waals surface area contributed by atoms with Crippen LogP contribution in [0.2, 0.25) is 0 Å². The van der Waals surface area contributed by atoms with Gasteiger partial charge in [0, 0.05) is 46.9 Å². The molecule has 0 fully saturated rings. The van der Waals surface area contributed by atoms with Gasteiger partial charge in [0.25, 0.3) is 5.91 Å². The number of carbonyl (C=O) groups is 1. The van der Waals surface area contributed by atoms with Gasteiger partial charge in [-0.2, -0.15) is 5.10 Å². The molecule has 6 nitrogen and oxygen atoms in total. The number of halogens is 1. The number of nitrogens with one attached hydrogen (secondary N) is 3. The van der Waals surface area contributed by atoms with Crippen molar-refractivity contribution in [2.75, 3.05) is 13.1 Å². The van der Waals surface area contributed by atoms with Gasteiger partial charge in [-0.15, -0.1) is 23.7 Å². The van der Waals surface area contributed by atoms with E-state index in [-0.39, 0.29) is 24.9 Å². The molecule has 1 aliphatic heterocycles. The first-order valence-corrected chi connectivity index (χ1v) is 8.75. The molecule has 4 N–H and O–H groups in total. The van der Waals surface area contributed by atoms with Crippen molar-refractivity contribution >= 4 is 39.7 Å². The molecule has 0 radical (unpaired) electrons. The quantitative estimate of drug-likeness (QED) is 0.560. The van der Waals surface area contributed by atoms with Crippen LogP contribution in [0.15, 0.2) is 30.3 Å². The van der Waals surface area contributed by atoms with Crippen LogP contribution in [-0.4, -0.2) is 34.3 Å². The summed E-state index contributed by atoms with van der Waals surface area (Å²) in [4.78, 5) is 13.2. The van der Waals surface area contributed by atoms with Crippen LogP contribution < -0.4 is 10.6 Å². The van der Waals surface area contributed by atoms with Crippen LogP contribution in [0.1, 0.15) is 32.7 Å². The average molecular weight is 379 g/mol. The number of aromatic amines is 1. The van der Waals surface area contributed by atoms with Crippen molar-refractivity contribution < 1.29 is 9.90 Å². The number of benzene rings is 1. The Kier molecular flexibility index (Phi) is 5.39. The fourth-order valence-electron chi connectivity index (χ4n) is 2.95. The van der Waals surface area contributed by atoms with E-state index in [2.05, 4.69) is 20.8 Å². The van der Waals surface area contributed by atoms with Crippen LogP contribution >= 0.6 is 23.7 Å². The number of amides is 1. The predicted molar refractivity (Wildman–Crippen MR) is 100 cm³/mol. The third kappa shape index (κ3) is 3.55. The molecule has 25 heavy (non-hydrogen) atoms. The van der Waals surface area contributed by atoms with Gasteiger partial charge in [-0.05, 0) is 17.5 Å². The molecule has 0 spiro atoms. The second-order valence-electron chi connectivity index (χ2n) is 5.87. The maximum Gasteiger partial charge on any atom is 0.272 e. The molecule has 132 valence electrons. The molecule has 8 heteroatoms. The highest BCUT2D eigenvalue weighted by Crippen LogP contribution is 2.29. The number of aromatic nitrogens is 2. The molecule has 2 aromatic heterocycles. The van der Waals surface area contributed by atoms with Gasteiger partial charge in [0.15, 0.2) is 5.69 Å². The Bertz CT molecular complexity index is 859. The summed E-state index contributed by atoms with van der Waals surface area (Å²) in [6.45, 7) is 1.70. The highest BCUT2D eigenvalue weighted by atomic mass is 35.5. The Labute approximate surface area is 155 Å². The number of H-pyrrole nitrogens is 1. The summed E-state index contributed by atoms with van der Waals surface area (Å²) in [6, 6.07) is 9.96. The zero-order chi connectivity index (χ0) is 16.5. The highest BCUT2D eigenvalue weighted by molar-refractivity contribution is 7.19. The van der Waals surface area contributed by atoms with E-state index >= 15 is 0 Å². The van der Waals surface area contributed by atoms with Crippen molar-refractivity contribution in [2.24, 2.45) is 0 Å². The van der Waals surface area contributed by atoms with Gasteiger partial charge >= 0.3 is 0 Å². The number of aliphatic hydroxyl groups excluding tert-OH is 1. The standard InChI is InChI=1S/C17H18N4O2S.ClH/c22-13(15-7-10-3-1-2-4-14(10)24-15)9-19-17(23)16-11-8-18-6-5-12(11)20-21-16;/h1-4,7,13,18,22H,5-6,8-9H2,(H,19,23)(H,20,21);1H. The second kappa shape index (κ2) is 7.53. The molecule has 1 amide bonds. The van der Waals surface area contributed by atoms with Crippen molar-refractivity contribution in [3.63, 3.8) is 0 Å². The molecule has 3 heterocycles. The van der Waals surface area contributed by atoms with E-state index in [9.17, 15) is 9.90 Å². The van der Waals surface area contributed by atoms with E-state index in [1.807, 2.05) is 30.3 Å². The van der Waals surface area contributed by atoms with Crippen molar-refractivity contribution in [3.05, 3.63) is 52.2 Å². The molecule has 1 atom stereocenters. The lowest BCUT2D eigenvalue weighted by molar-refractivity contribution is 0.0912. The normalized spacial score (nSPS) is 14.6. The van der Waals surface area contributed by atoms with Gasteiger partial charge in [-0.1, -0.05) is 18.2 Å². The van der Waals surface area contributed by atoms with E-state index in [1.165, 1.54) is 0 Å². The summed E-state index contributed by atoms with van der Waals surface area (Å²) in [5.74, 6) is -0.253. The number of fused-ring (bicyclic) bond motifs is 2. The Morgan fingerprint density at radius 2 is 2.24 bits per heavy atom.